The van der Waals surface area contributed by atoms with Crippen molar-refractivity contribution >= 4 is 18.1 Å². The Bertz CT molecular complexity index is 503. The van der Waals surface area contributed by atoms with Crippen LogP contribution < -0.4 is 10.6 Å². The molecule has 26 heavy (non-hydrogen) atoms. The van der Waals surface area contributed by atoms with Crippen molar-refractivity contribution in [1.82, 2.24) is 30.2 Å². The molecule has 3 rings (SSSR count). The Balaban J connectivity index is 1.65. The molecule has 11 heteroatoms. The zero-order chi connectivity index (χ0) is 18.7. The fourth-order valence-electron chi connectivity index (χ4n) is 3.23. The van der Waals surface area contributed by atoms with Crippen molar-refractivity contribution in [2.24, 2.45) is 0 Å². The number of urea groups is 3. The number of nitrogens with zero attached hydrogens (tertiary/aromatic N) is 4. The molecule has 0 aromatic rings. The third-order valence-electron chi connectivity index (χ3n) is 4.88. The predicted molar refractivity (Wildman–Crippen MR) is 90.3 cm³/mol. The van der Waals surface area contributed by atoms with Crippen LogP contribution >= 0.6 is 0 Å². The van der Waals surface area contributed by atoms with Gasteiger partial charge in [0.25, 0.3) is 0 Å². The van der Waals surface area contributed by atoms with E-state index < -0.39 is 12.3 Å². The maximum absolute atomic E-state index is 12.5. The van der Waals surface area contributed by atoms with Crippen LogP contribution in [-0.2, 0) is 9.47 Å². The van der Waals surface area contributed by atoms with Crippen molar-refractivity contribution in [3.63, 3.8) is 0 Å². The van der Waals surface area contributed by atoms with Crippen LogP contribution in [-0.4, -0.2) is 117 Å². The molecule has 3 aliphatic heterocycles. The smallest absolute Gasteiger partial charge is 0.323 e. The average Bonchev–Trinajstić information content (AvgIpc) is 2.87. The molecular formula is C15H26N6O5. The topological polar surface area (TPSA) is 107 Å². The number of nitrogens with one attached hydrogen (secondary N) is 2. The summed E-state index contributed by atoms with van der Waals surface area (Å²) in [7, 11) is 3.20. The third-order valence-corrected chi connectivity index (χ3v) is 4.88. The summed E-state index contributed by atoms with van der Waals surface area (Å²) in [5, 5.41) is 5.71. The minimum absolute atomic E-state index is 0.274. The predicted octanol–water partition coefficient (Wildman–Crippen LogP) is -1.28. The van der Waals surface area contributed by atoms with Crippen LogP contribution in [0.5, 0.6) is 0 Å². The van der Waals surface area contributed by atoms with Gasteiger partial charge in [0.1, 0.15) is 12.3 Å². The molecule has 6 amide bonds. The Hall–Kier alpha value is -2.27. The summed E-state index contributed by atoms with van der Waals surface area (Å²) in [6, 6.07) is -0.831. The second-order valence-corrected chi connectivity index (χ2v) is 6.49. The fraction of sp³-hybridized carbons (Fsp3) is 0.800. The molecule has 3 heterocycles. The van der Waals surface area contributed by atoms with Gasteiger partial charge >= 0.3 is 18.1 Å². The molecule has 0 unspecified atom stereocenters. The van der Waals surface area contributed by atoms with E-state index in [-0.39, 0.29) is 18.1 Å². The quantitative estimate of drug-likeness (QED) is 0.630. The summed E-state index contributed by atoms with van der Waals surface area (Å²) in [5.41, 5.74) is 0. The number of carbonyl (C=O) groups is 3. The molecule has 0 aliphatic carbocycles. The van der Waals surface area contributed by atoms with Crippen LogP contribution in [0.25, 0.3) is 0 Å². The molecular weight excluding hydrogens is 344 g/mol. The zero-order valence-electron chi connectivity index (χ0n) is 15.1. The summed E-state index contributed by atoms with van der Waals surface area (Å²) in [5.74, 6) is 0. The molecule has 3 fully saturated rings. The molecule has 3 saturated heterocycles. The highest BCUT2D eigenvalue weighted by Crippen LogP contribution is 2.17. The van der Waals surface area contributed by atoms with Gasteiger partial charge in [0.15, 0.2) is 0 Å². The molecule has 0 bridgehead atoms. The van der Waals surface area contributed by atoms with Gasteiger partial charge in [-0.3, -0.25) is 0 Å². The lowest BCUT2D eigenvalue weighted by molar-refractivity contribution is 0.0479. The Kier molecular flexibility index (Phi) is 5.67. The number of ether oxygens (including phenoxy) is 2. The van der Waals surface area contributed by atoms with E-state index >= 15 is 0 Å². The van der Waals surface area contributed by atoms with E-state index in [1.54, 1.807) is 23.9 Å². The minimum Gasteiger partial charge on any atom is -0.378 e. The van der Waals surface area contributed by atoms with Gasteiger partial charge in [-0.05, 0) is 0 Å². The summed E-state index contributed by atoms with van der Waals surface area (Å²) < 4.78 is 10.5. The van der Waals surface area contributed by atoms with E-state index in [9.17, 15) is 14.4 Å². The van der Waals surface area contributed by atoms with Crippen molar-refractivity contribution in [1.29, 1.82) is 0 Å². The fourth-order valence-corrected chi connectivity index (χ4v) is 3.23. The van der Waals surface area contributed by atoms with E-state index in [4.69, 9.17) is 9.47 Å². The van der Waals surface area contributed by atoms with Gasteiger partial charge in [-0.25, -0.2) is 14.4 Å². The number of likely N-dealkylation sites (N-methyl/N-ethyl adjacent to an activating group) is 2. The summed E-state index contributed by atoms with van der Waals surface area (Å²) >= 11 is 0. The molecule has 0 aromatic carbocycles. The van der Waals surface area contributed by atoms with Gasteiger partial charge < -0.3 is 39.7 Å². The molecule has 11 nitrogen and oxygen atoms in total. The SMILES string of the molecule is CN1C(=O)N(C)[C@@H](NC(=O)N2CCOCC2)[C@@H]1NC(=O)N1CCOCC1. The van der Waals surface area contributed by atoms with Crippen LogP contribution in [0.2, 0.25) is 0 Å². The van der Waals surface area contributed by atoms with Crippen LogP contribution in [0, 0.1) is 0 Å². The molecule has 2 N–H and O–H groups in total. The zero-order valence-corrected chi connectivity index (χ0v) is 15.1. The maximum atomic E-state index is 12.5. The first kappa shape index (κ1) is 18.5. The van der Waals surface area contributed by atoms with Gasteiger partial charge in [0, 0.05) is 40.3 Å². The van der Waals surface area contributed by atoms with Gasteiger partial charge in [-0.1, -0.05) is 0 Å². The first-order valence-corrected chi connectivity index (χ1v) is 8.75. The van der Waals surface area contributed by atoms with Crippen molar-refractivity contribution in [2.45, 2.75) is 12.3 Å². The van der Waals surface area contributed by atoms with Gasteiger partial charge in [-0.2, -0.15) is 0 Å². The highest BCUT2D eigenvalue weighted by molar-refractivity contribution is 5.82. The standard InChI is InChI=1S/C15H26N6O5/c1-18-11(16-13(22)20-3-7-25-8-4-20)12(19(2)15(18)24)17-14(23)21-5-9-26-10-6-21/h11-12H,3-10H2,1-2H3,(H,16,22)(H,17,23)/t11-,12-/m1/s1. The monoisotopic (exact) mass is 370 g/mol. The Labute approximate surface area is 152 Å². The molecule has 2 atom stereocenters. The molecule has 3 aliphatic rings. The van der Waals surface area contributed by atoms with Crippen LogP contribution in [0.15, 0.2) is 0 Å². The Morgan fingerprint density at radius 2 is 1.15 bits per heavy atom. The largest absolute Gasteiger partial charge is 0.378 e. The number of hydrogen-bond acceptors (Lipinski definition) is 5. The van der Waals surface area contributed by atoms with Gasteiger partial charge in [-0.15, -0.1) is 0 Å². The lowest BCUT2D eigenvalue weighted by atomic mass is 10.3. The molecule has 0 radical (unpaired) electrons. The van der Waals surface area contributed by atoms with Crippen molar-refractivity contribution in [3.05, 3.63) is 0 Å². The van der Waals surface area contributed by atoms with Crippen LogP contribution in [0.1, 0.15) is 0 Å². The highest BCUT2D eigenvalue weighted by Gasteiger charge is 2.44. The van der Waals surface area contributed by atoms with Crippen molar-refractivity contribution < 1.29 is 23.9 Å². The van der Waals surface area contributed by atoms with Crippen molar-refractivity contribution in [3.8, 4) is 0 Å². The second kappa shape index (κ2) is 7.96. The highest BCUT2D eigenvalue weighted by atomic mass is 16.5. The Morgan fingerprint density at radius 1 is 0.808 bits per heavy atom. The second-order valence-electron chi connectivity index (χ2n) is 6.49. The molecule has 0 aromatic heterocycles. The summed E-state index contributed by atoms with van der Waals surface area (Å²) in [4.78, 5) is 43.5. The number of rotatable bonds is 2. The summed E-state index contributed by atoms with van der Waals surface area (Å²) in [6.45, 7) is 3.95. The number of hydrogen-bond donors (Lipinski definition) is 2. The number of carbonyl (C=O) groups excluding carboxylic acids is 3. The lowest BCUT2D eigenvalue weighted by Crippen LogP contribution is -2.61. The summed E-state index contributed by atoms with van der Waals surface area (Å²) in [6.07, 6.45) is -1.32. The molecule has 0 saturated carbocycles. The first-order valence-electron chi connectivity index (χ1n) is 8.75. The van der Waals surface area contributed by atoms with E-state index in [1.165, 1.54) is 9.80 Å². The number of morpholine rings is 2. The van der Waals surface area contributed by atoms with E-state index in [0.29, 0.717) is 52.6 Å². The van der Waals surface area contributed by atoms with Crippen LogP contribution in [0.3, 0.4) is 0 Å². The van der Waals surface area contributed by atoms with E-state index in [1.807, 2.05) is 0 Å². The van der Waals surface area contributed by atoms with E-state index in [2.05, 4.69) is 10.6 Å². The Morgan fingerprint density at radius 3 is 1.50 bits per heavy atom. The average molecular weight is 370 g/mol. The minimum atomic E-state index is -0.659. The molecule has 146 valence electrons. The maximum Gasteiger partial charge on any atom is 0.323 e. The van der Waals surface area contributed by atoms with Gasteiger partial charge in [0.2, 0.25) is 0 Å². The third kappa shape index (κ3) is 3.78. The lowest BCUT2D eigenvalue weighted by Gasteiger charge is -2.33. The molecule has 0 spiro atoms. The van der Waals surface area contributed by atoms with E-state index in [0.717, 1.165) is 0 Å². The first-order chi connectivity index (χ1) is 12.5. The number of amides is 6. The normalized spacial score (nSPS) is 26.9. The van der Waals surface area contributed by atoms with Gasteiger partial charge in [0.05, 0.1) is 26.4 Å². The van der Waals surface area contributed by atoms with Crippen molar-refractivity contribution in [2.75, 3.05) is 66.7 Å². The van der Waals surface area contributed by atoms with Crippen LogP contribution in [0.4, 0.5) is 14.4 Å².